The lowest BCUT2D eigenvalue weighted by molar-refractivity contribution is 0.0846. The molecule has 1 rings (SSSR count). The van der Waals surface area contributed by atoms with Crippen molar-refractivity contribution in [1.29, 1.82) is 0 Å². The summed E-state index contributed by atoms with van der Waals surface area (Å²) in [5.41, 5.74) is 1.65. The molecule has 1 atom stereocenters. The van der Waals surface area contributed by atoms with Gasteiger partial charge in [0, 0.05) is 30.9 Å². The first kappa shape index (κ1) is 16.9. The maximum absolute atomic E-state index is 14.1. The highest BCUT2D eigenvalue weighted by Gasteiger charge is 2.17. The van der Waals surface area contributed by atoms with Gasteiger partial charge in [0.05, 0.1) is 12.7 Å². The van der Waals surface area contributed by atoms with E-state index in [1.54, 1.807) is 6.07 Å². The van der Waals surface area contributed by atoms with Crippen LogP contribution in [0.25, 0.3) is 0 Å². The Bertz CT molecular complexity index is 409. The number of nitrogens with one attached hydrogen (secondary N) is 1. The molecule has 0 spiro atoms. The van der Waals surface area contributed by atoms with Gasteiger partial charge >= 0.3 is 0 Å². The molecule has 0 fully saturated rings. The van der Waals surface area contributed by atoms with Gasteiger partial charge < -0.3 is 15.0 Å². The van der Waals surface area contributed by atoms with Crippen LogP contribution in [-0.4, -0.2) is 32.8 Å². The SMILES string of the molecule is CCNC(C)c1c(F)cccc1N(C)CCOC(C)C. The lowest BCUT2D eigenvalue weighted by atomic mass is 10.0. The van der Waals surface area contributed by atoms with E-state index in [1.165, 1.54) is 6.07 Å². The van der Waals surface area contributed by atoms with E-state index in [0.29, 0.717) is 6.61 Å². The summed E-state index contributed by atoms with van der Waals surface area (Å²) in [6, 6.07) is 5.23. The summed E-state index contributed by atoms with van der Waals surface area (Å²) in [4.78, 5) is 2.05. The van der Waals surface area contributed by atoms with Crippen molar-refractivity contribution >= 4 is 5.69 Å². The monoisotopic (exact) mass is 282 g/mol. The molecule has 0 amide bonds. The third-order valence-corrected chi connectivity index (χ3v) is 3.26. The highest BCUT2D eigenvalue weighted by Crippen LogP contribution is 2.28. The van der Waals surface area contributed by atoms with E-state index in [1.807, 2.05) is 40.8 Å². The molecular weight excluding hydrogens is 255 g/mol. The third-order valence-electron chi connectivity index (χ3n) is 3.26. The van der Waals surface area contributed by atoms with Gasteiger partial charge in [-0.3, -0.25) is 0 Å². The average Bonchev–Trinajstić information content (AvgIpc) is 2.37. The van der Waals surface area contributed by atoms with Crippen LogP contribution in [-0.2, 0) is 4.74 Å². The van der Waals surface area contributed by atoms with Crippen LogP contribution in [0.1, 0.15) is 39.3 Å². The van der Waals surface area contributed by atoms with Crippen LogP contribution in [0.15, 0.2) is 18.2 Å². The Morgan fingerprint density at radius 2 is 2.00 bits per heavy atom. The molecule has 0 aliphatic rings. The number of benzene rings is 1. The standard InChI is InChI=1S/C16H27FN2O/c1-6-18-13(4)16-14(17)8-7-9-15(16)19(5)10-11-20-12(2)3/h7-9,12-13,18H,6,10-11H2,1-5H3. The second-order valence-electron chi connectivity index (χ2n) is 5.29. The van der Waals surface area contributed by atoms with Gasteiger partial charge in [-0.15, -0.1) is 0 Å². The summed E-state index contributed by atoms with van der Waals surface area (Å²) in [7, 11) is 1.97. The molecule has 0 aliphatic carbocycles. The topological polar surface area (TPSA) is 24.5 Å². The Hall–Kier alpha value is -1.13. The van der Waals surface area contributed by atoms with Crippen molar-refractivity contribution in [2.24, 2.45) is 0 Å². The van der Waals surface area contributed by atoms with Gasteiger partial charge in [-0.1, -0.05) is 13.0 Å². The normalized spacial score (nSPS) is 12.8. The van der Waals surface area contributed by atoms with Crippen LogP contribution in [0.4, 0.5) is 10.1 Å². The molecule has 0 aliphatic heterocycles. The Kier molecular flexibility index (Phi) is 6.96. The number of likely N-dealkylation sites (N-methyl/N-ethyl adjacent to an activating group) is 1. The Morgan fingerprint density at radius 1 is 1.30 bits per heavy atom. The quantitative estimate of drug-likeness (QED) is 0.791. The second-order valence-corrected chi connectivity index (χ2v) is 5.29. The van der Waals surface area contributed by atoms with E-state index < -0.39 is 0 Å². The number of halogens is 1. The summed E-state index contributed by atoms with van der Waals surface area (Å²) < 4.78 is 19.7. The lowest BCUT2D eigenvalue weighted by Gasteiger charge is -2.26. The predicted molar refractivity (Wildman–Crippen MR) is 82.8 cm³/mol. The molecule has 0 bridgehead atoms. The molecule has 1 unspecified atom stereocenters. The Labute approximate surface area is 122 Å². The van der Waals surface area contributed by atoms with E-state index in [0.717, 1.165) is 24.3 Å². The molecule has 3 nitrogen and oxygen atoms in total. The van der Waals surface area contributed by atoms with Crippen LogP contribution in [0.3, 0.4) is 0 Å². The molecule has 0 heterocycles. The predicted octanol–water partition coefficient (Wildman–Crippen LogP) is 3.36. The number of rotatable bonds is 8. The Morgan fingerprint density at radius 3 is 2.60 bits per heavy atom. The number of nitrogens with zero attached hydrogens (tertiary/aromatic N) is 1. The van der Waals surface area contributed by atoms with E-state index in [2.05, 4.69) is 10.2 Å². The van der Waals surface area contributed by atoms with E-state index in [-0.39, 0.29) is 18.0 Å². The van der Waals surface area contributed by atoms with Gasteiger partial charge in [0.15, 0.2) is 0 Å². The maximum atomic E-state index is 14.1. The van der Waals surface area contributed by atoms with Crippen LogP contribution >= 0.6 is 0 Å². The molecule has 4 heteroatoms. The molecule has 0 radical (unpaired) electrons. The summed E-state index contributed by atoms with van der Waals surface area (Å²) in [6.07, 6.45) is 0.219. The fraction of sp³-hybridized carbons (Fsp3) is 0.625. The molecular formula is C16H27FN2O. The number of hydrogen-bond acceptors (Lipinski definition) is 3. The Balaban J connectivity index is 2.85. The van der Waals surface area contributed by atoms with E-state index >= 15 is 0 Å². The molecule has 0 saturated heterocycles. The highest BCUT2D eigenvalue weighted by atomic mass is 19.1. The van der Waals surface area contributed by atoms with Gasteiger partial charge in [0.2, 0.25) is 0 Å². The van der Waals surface area contributed by atoms with Crippen molar-refractivity contribution < 1.29 is 9.13 Å². The highest BCUT2D eigenvalue weighted by molar-refractivity contribution is 5.55. The van der Waals surface area contributed by atoms with Crippen LogP contribution in [0.5, 0.6) is 0 Å². The summed E-state index contributed by atoms with van der Waals surface area (Å²) in [5.74, 6) is -0.160. The van der Waals surface area contributed by atoms with Gasteiger partial charge in [0.1, 0.15) is 5.82 Å². The smallest absolute Gasteiger partial charge is 0.130 e. The zero-order valence-corrected chi connectivity index (χ0v) is 13.2. The van der Waals surface area contributed by atoms with Gasteiger partial charge in [0.25, 0.3) is 0 Å². The van der Waals surface area contributed by atoms with Crippen LogP contribution in [0, 0.1) is 5.82 Å². The molecule has 114 valence electrons. The van der Waals surface area contributed by atoms with Crippen molar-refractivity contribution in [3.63, 3.8) is 0 Å². The van der Waals surface area contributed by atoms with Crippen molar-refractivity contribution in [1.82, 2.24) is 5.32 Å². The van der Waals surface area contributed by atoms with Gasteiger partial charge in [-0.25, -0.2) is 4.39 Å². The first-order valence-corrected chi connectivity index (χ1v) is 7.31. The minimum absolute atomic E-state index is 0.00957. The minimum atomic E-state index is -0.160. The summed E-state index contributed by atoms with van der Waals surface area (Å²) in [6.45, 7) is 10.2. The molecule has 1 aromatic rings. The summed E-state index contributed by atoms with van der Waals surface area (Å²) >= 11 is 0. The zero-order valence-electron chi connectivity index (χ0n) is 13.2. The lowest BCUT2D eigenvalue weighted by Crippen LogP contribution is -2.27. The molecule has 0 aromatic heterocycles. The fourth-order valence-electron chi connectivity index (χ4n) is 2.24. The van der Waals surface area contributed by atoms with Crippen molar-refractivity contribution in [3.8, 4) is 0 Å². The van der Waals surface area contributed by atoms with Gasteiger partial charge in [-0.2, -0.15) is 0 Å². The zero-order chi connectivity index (χ0) is 15.1. The molecule has 1 aromatic carbocycles. The minimum Gasteiger partial charge on any atom is -0.377 e. The van der Waals surface area contributed by atoms with Crippen LogP contribution in [0.2, 0.25) is 0 Å². The van der Waals surface area contributed by atoms with E-state index in [4.69, 9.17) is 4.74 Å². The van der Waals surface area contributed by atoms with Crippen molar-refractivity contribution in [2.75, 3.05) is 31.6 Å². The van der Waals surface area contributed by atoms with Crippen molar-refractivity contribution in [2.45, 2.75) is 39.8 Å². The summed E-state index contributed by atoms with van der Waals surface area (Å²) in [5, 5.41) is 3.27. The van der Waals surface area contributed by atoms with E-state index in [9.17, 15) is 4.39 Å². The largest absolute Gasteiger partial charge is 0.377 e. The number of anilines is 1. The second kappa shape index (κ2) is 8.22. The number of hydrogen-bond donors (Lipinski definition) is 1. The first-order chi connectivity index (χ1) is 9.47. The third kappa shape index (κ3) is 4.76. The fourth-order valence-corrected chi connectivity index (χ4v) is 2.24. The molecule has 1 N–H and O–H groups in total. The van der Waals surface area contributed by atoms with Gasteiger partial charge in [-0.05, 0) is 39.4 Å². The number of ether oxygens (including phenoxy) is 1. The molecule has 20 heavy (non-hydrogen) atoms. The average molecular weight is 282 g/mol. The maximum Gasteiger partial charge on any atom is 0.130 e. The molecule has 0 saturated carbocycles. The van der Waals surface area contributed by atoms with Crippen LogP contribution < -0.4 is 10.2 Å². The van der Waals surface area contributed by atoms with Crippen molar-refractivity contribution in [3.05, 3.63) is 29.6 Å². The first-order valence-electron chi connectivity index (χ1n) is 7.31.